The van der Waals surface area contributed by atoms with E-state index >= 15 is 0 Å². The van der Waals surface area contributed by atoms with Crippen molar-refractivity contribution in [2.45, 2.75) is 0 Å². The van der Waals surface area contributed by atoms with Crippen molar-refractivity contribution in [3.63, 3.8) is 0 Å². The van der Waals surface area contributed by atoms with Gasteiger partial charge >= 0.3 is 0 Å². The Hall–Kier alpha value is -2.41. The molecule has 0 N–H and O–H groups in total. The van der Waals surface area contributed by atoms with E-state index in [1.807, 2.05) is 12.1 Å². The zero-order valence-corrected chi connectivity index (χ0v) is 10.3. The van der Waals surface area contributed by atoms with Crippen LogP contribution in [0.5, 0.6) is 11.5 Å². The molecule has 0 unspecified atom stereocenters. The third-order valence-corrected chi connectivity index (χ3v) is 2.73. The van der Waals surface area contributed by atoms with Crippen molar-refractivity contribution >= 4 is 10.9 Å². The fourth-order valence-corrected chi connectivity index (χ4v) is 1.78. The number of methoxy groups -OCH3 is 1. The van der Waals surface area contributed by atoms with Crippen LogP contribution in [0.25, 0.3) is 10.9 Å². The van der Waals surface area contributed by atoms with E-state index in [4.69, 9.17) is 15.9 Å². The molecule has 0 amide bonds. The Morgan fingerprint density at radius 2 is 2.17 bits per heavy atom. The van der Waals surface area contributed by atoms with Gasteiger partial charge in [0.15, 0.2) is 0 Å². The topological polar surface area (TPSA) is 40.5 Å². The molecule has 0 atom stereocenters. The Kier molecular flexibility index (Phi) is 3.24. The summed E-state index contributed by atoms with van der Waals surface area (Å²) in [5, 5.41) is 0.798. The molecule has 0 aliphatic rings. The average molecular weight is 243 g/mol. The Balaban J connectivity index is 2.72. The maximum absolute atomic E-state index is 11.8. The molecule has 4 heteroatoms. The predicted octanol–water partition coefficient (Wildman–Crippen LogP) is 1.56. The number of aromatic nitrogens is 1. The number of ether oxygens (including phenoxy) is 2. The van der Waals surface area contributed by atoms with Gasteiger partial charge in [-0.2, -0.15) is 0 Å². The summed E-state index contributed by atoms with van der Waals surface area (Å²) in [4.78, 5) is 11.8. The van der Waals surface area contributed by atoms with Gasteiger partial charge in [-0.3, -0.25) is 4.79 Å². The first-order valence-corrected chi connectivity index (χ1v) is 5.41. The normalized spacial score (nSPS) is 10.1. The van der Waals surface area contributed by atoms with Gasteiger partial charge in [-0.1, -0.05) is 5.92 Å². The predicted molar refractivity (Wildman–Crippen MR) is 70.1 cm³/mol. The summed E-state index contributed by atoms with van der Waals surface area (Å²) in [7, 11) is 3.30. The summed E-state index contributed by atoms with van der Waals surface area (Å²) in [6.07, 6.45) is 5.16. The fourth-order valence-electron chi connectivity index (χ4n) is 1.78. The fraction of sp³-hybridized carbons (Fsp3) is 0.214. The van der Waals surface area contributed by atoms with Gasteiger partial charge in [0.2, 0.25) is 0 Å². The first-order chi connectivity index (χ1) is 8.67. The van der Waals surface area contributed by atoms with Gasteiger partial charge in [-0.25, -0.2) is 0 Å². The standard InChI is InChI=1S/C14H13NO3/c1-4-7-18-13-9-14(16)15(2)12-6-5-10(17-3)8-11(12)13/h1,5-6,8-9H,7H2,2-3H3. The highest BCUT2D eigenvalue weighted by Crippen LogP contribution is 2.27. The van der Waals surface area contributed by atoms with Crippen LogP contribution in [0.4, 0.5) is 0 Å². The highest BCUT2D eigenvalue weighted by Gasteiger charge is 2.08. The van der Waals surface area contributed by atoms with E-state index in [1.165, 1.54) is 6.07 Å². The van der Waals surface area contributed by atoms with E-state index in [0.29, 0.717) is 11.5 Å². The van der Waals surface area contributed by atoms with Crippen molar-refractivity contribution in [1.29, 1.82) is 0 Å². The molecule has 1 heterocycles. The van der Waals surface area contributed by atoms with Crippen molar-refractivity contribution in [2.24, 2.45) is 7.05 Å². The smallest absolute Gasteiger partial charge is 0.254 e. The monoisotopic (exact) mass is 243 g/mol. The molecule has 1 aromatic heterocycles. The SMILES string of the molecule is C#CCOc1cc(=O)n(C)c2ccc(OC)cc12. The van der Waals surface area contributed by atoms with Crippen LogP contribution < -0.4 is 15.0 Å². The minimum absolute atomic E-state index is 0.124. The number of aryl methyl sites for hydroxylation is 1. The molecule has 2 aromatic rings. The van der Waals surface area contributed by atoms with Crippen LogP contribution in [0.3, 0.4) is 0 Å². The molecule has 0 radical (unpaired) electrons. The summed E-state index contributed by atoms with van der Waals surface area (Å²) in [6.45, 7) is 0.124. The molecule has 0 fully saturated rings. The first kappa shape index (κ1) is 12.1. The minimum Gasteiger partial charge on any atom is -0.497 e. The van der Waals surface area contributed by atoms with Crippen molar-refractivity contribution in [1.82, 2.24) is 4.57 Å². The van der Waals surface area contributed by atoms with Crippen molar-refractivity contribution < 1.29 is 9.47 Å². The Morgan fingerprint density at radius 1 is 1.39 bits per heavy atom. The summed E-state index contributed by atoms with van der Waals surface area (Å²) in [5.74, 6) is 3.56. The highest BCUT2D eigenvalue weighted by atomic mass is 16.5. The lowest BCUT2D eigenvalue weighted by molar-refractivity contribution is 0.373. The molecule has 2 rings (SSSR count). The molecular weight excluding hydrogens is 230 g/mol. The molecule has 0 aliphatic heterocycles. The second-order valence-corrected chi connectivity index (χ2v) is 3.78. The number of terminal acetylenes is 1. The van der Waals surface area contributed by atoms with E-state index in [2.05, 4.69) is 5.92 Å². The summed E-state index contributed by atoms with van der Waals surface area (Å²) < 4.78 is 12.1. The number of hydrogen-bond donors (Lipinski definition) is 0. The summed E-state index contributed by atoms with van der Waals surface area (Å²) in [5.41, 5.74) is 0.634. The number of rotatable bonds is 3. The zero-order chi connectivity index (χ0) is 13.1. The largest absolute Gasteiger partial charge is 0.497 e. The maximum Gasteiger partial charge on any atom is 0.254 e. The summed E-state index contributed by atoms with van der Waals surface area (Å²) >= 11 is 0. The number of fused-ring (bicyclic) bond motifs is 1. The zero-order valence-electron chi connectivity index (χ0n) is 10.3. The van der Waals surface area contributed by atoms with Crippen LogP contribution in [-0.2, 0) is 7.05 Å². The van der Waals surface area contributed by atoms with Crippen LogP contribution in [0.2, 0.25) is 0 Å². The molecule has 0 spiro atoms. The molecule has 0 saturated heterocycles. The van der Waals surface area contributed by atoms with Gasteiger partial charge in [-0.05, 0) is 18.2 Å². The van der Waals surface area contributed by atoms with Crippen molar-refractivity contribution in [3.8, 4) is 23.8 Å². The number of nitrogens with zero attached hydrogens (tertiary/aromatic N) is 1. The third-order valence-electron chi connectivity index (χ3n) is 2.73. The van der Waals surface area contributed by atoms with Crippen LogP contribution in [-0.4, -0.2) is 18.3 Å². The maximum atomic E-state index is 11.8. The van der Waals surface area contributed by atoms with E-state index < -0.39 is 0 Å². The molecule has 0 bridgehead atoms. The Bertz CT molecular complexity index is 680. The van der Waals surface area contributed by atoms with Gasteiger partial charge in [-0.15, -0.1) is 6.42 Å². The van der Waals surface area contributed by atoms with Crippen LogP contribution in [0.15, 0.2) is 29.1 Å². The van der Waals surface area contributed by atoms with Gasteiger partial charge in [0.1, 0.15) is 18.1 Å². The molecular formula is C14H13NO3. The first-order valence-electron chi connectivity index (χ1n) is 5.41. The van der Waals surface area contributed by atoms with E-state index in [1.54, 1.807) is 24.8 Å². The van der Waals surface area contributed by atoms with E-state index in [-0.39, 0.29) is 12.2 Å². The van der Waals surface area contributed by atoms with Gasteiger partial charge in [0.25, 0.3) is 5.56 Å². The average Bonchev–Trinajstić information content (AvgIpc) is 2.40. The molecule has 4 nitrogen and oxygen atoms in total. The van der Waals surface area contributed by atoms with Crippen LogP contribution in [0.1, 0.15) is 0 Å². The quantitative estimate of drug-likeness (QED) is 0.768. The second-order valence-electron chi connectivity index (χ2n) is 3.78. The van der Waals surface area contributed by atoms with Crippen molar-refractivity contribution in [2.75, 3.05) is 13.7 Å². The van der Waals surface area contributed by atoms with Gasteiger partial charge in [0, 0.05) is 18.5 Å². The van der Waals surface area contributed by atoms with Crippen LogP contribution >= 0.6 is 0 Å². The lowest BCUT2D eigenvalue weighted by Crippen LogP contribution is -2.16. The molecule has 0 aliphatic carbocycles. The van der Waals surface area contributed by atoms with E-state index in [9.17, 15) is 4.79 Å². The highest BCUT2D eigenvalue weighted by molar-refractivity contribution is 5.86. The number of hydrogen-bond acceptors (Lipinski definition) is 3. The van der Waals surface area contributed by atoms with Gasteiger partial charge in [0.05, 0.1) is 12.6 Å². The van der Waals surface area contributed by atoms with Gasteiger partial charge < -0.3 is 14.0 Å². The number of benzene rings is 1. The molecule has 18 heavy (non-hydrogen) atoms. The third kappa shape index (κ3) is 2.03. The second kappa shape index (κ2) is 4.84. The Morgan fingerprint density at radius 3 is 2.83 bits per heavy atom. The number of pyridine rings is 1. The lowest BCUT2D eigenvalue weighted by atomic mass is 10.2. The Labute approximate surface area is 105 Å². The van der Waals surface area contributed by atoms with E-state index in [0.717, 1.165) is 10.9 Å². The summed E-state index contributed by atoms with van der Waals surface area (Å²) in [6, 6.07) is 6.87. The molecule has 92 valence electrons. The van der Waals surface area contributed by atoms with Crippen molar-refractivity contribution in [3.05, 3.63) is 34.6 Å². The minimum atomic E-state index is -0.139. The van der Waals surface area contributed by atoms with Crippen LogP contribution in [0, 0.1) is 12.3 Å². The lowest BCUT2D eigenvalue weighted by Gasteiger charge is -2.11. The molecule has 1 aromatic carbocycles. The molecule has 0 saturated carbocycles.